The molecule has 4 aromatic rings. The van der Waals surface area contributed by atoms with Crippen molar-refractivity contribution >= 4 is 23.2 Å². The molecule has 7 nitrogen and oxygen atoms in total. The number of aromatic nitrogens is 2. The number of amides is 1. The molecule has 1 heterocycles. The van der Waals surface area contributed by atoms with Crippen molar-refractivity contribution in [2.24, 2.45) is 5.10 Å². The van der Waals surface area contributed by atoms with E-state index in [4.69, 9.17) is 9.47 Å². The lowest BCUT2D eigenvalue weighted by Crippen LogP contribution is -2.19. The van der Waals surface area contributed by atoms with Crippen molar-refractivity contribution in [1.29, 1.82) is 0 Å². The molecule has 29 heavy (non-hydrogen) atoms. The van der Waals surface area contributed by atoms with Crippen LogP contribution in [0.1, 0.15) is 16.2 Å². The third kappa shape index (κ3) is 4.41. The highest BCUT2D eigenvalue weighted by Crippen LogP contribution is 2.23. The lowest BCUT2D eigenvalue weighted by Gasteiger charge is -2.06. The van der Waals surface area contributed by atoms with Gasteiger partial charge in [0.1, 0.15) is 17.2 Å². The number of H-pyrrole nitrogens is 1. The Labute approximate surface area is 167 Å². The van der Waals surface area contributed by atoms with Gasteiger partial charge >= 0.3 is 5.91 Å². The Balaban J connectivity index is 1.35. The number of nitrogens with one attached hydrogen (secondary N) is 2. The first-order valence-corrected chi connectivity index (χ1v) is 8.91. The summed E-state index contributed by atoms with van der Waals surface area (Å²) in [4.78, 5) is 19.4. The molecule has 1 amide bonds. The first-order valence-electron chi connectivity index (χ1n) is 8.91. The fourth-order valence-corrected chi connectivity index (χ4v) is 2.68. The highest BCUT2D eigenvalue weighted by atomic mass is 16.5. The van der Waals surface area contributed by atoms with Gasteiger partial charge in [0.15, 0.2) is 5.82 Å². The van der Waals surface area contributed by atoms with Crippen LogP contribution in [0.25, 0.3) is 11.0 Å². The highest BCUT2D eigenvalue weighted by Gasteiger charge is 2.09. The first-order chi connectivity index (χ1) is 14.2. The molecule has 2 N–H and O–H groups in total. The molecule has 7 heteroatoms. The van der Waals surface area contributed by atoms with Crippen LogP contribution in [-0.4, -0.2) is 29.2 Å². The molecule has 0 saturated heterocycles. The molecule has 0 unspecified atom stereocenters. The monoisotopic (exact) mass is 386 g/mol. The second-order valence-corrected chi connectivity index (χ2v) is 6.15. The molecule has 144 valence electrons. The van der Waals surface area contributed by atoms with E-state index in [-0.39, 0.29) is 5.82 Å². The minimum atomic E-state index is -0.406. The van der Waals surface area contributed by atoms with Crippen molar-refractivity contribution in [3.63, 3.8) is 0 Å². The number of nitrogens with zero attached hydrogens (tertiary/aromatic N) is 2. The van der Waals surface area contributed by atoms with Crippen LogP contribution in [0.15, 0.2) is 77.9 Å². The molecular weight excluding hydrogens is 368 g/mol. The van der Waals surface area contributed by atoms with E-state index in [1.807, 2.05) is 72.8 Å². The summed E-state index contributed by atoms with van der Waals surface area (Å²) in [5, 5.41) is 3.98. The highest BCUT2D eigenvalue weighted by molar-refractivity contribution is 5.94. The summed E-state index contributed by atoms with van der Waals surface area (Å²) in [6.45, 7) is 0. The van der Waals surface area contributed by atoms with Crippen molar-refractivity contribution in [1.82, 2.24) is 15.4 Å². The quantitative estimate of drug-likeness (QED) is 0.385. The number of benzene rings is 3. The number of methoxy groups -OCH3 is 1. The summed E-state index contributed by atoms with van der Waals surface area (Å²) in [5.74, 6) is 1.99. The number of para-hydroxylation sites is 2. The average molecular weight is 386 g/mol. The Bertz CT molecular complexity index is 1120. The summed E-state index contributed by atoms with van der Waals surface area (Å²) in [6, 6.07) is 22.1. The van der Waals surface area contributed by atoms with Crippen LogP contribution >= 0.6 is 0 Å². The Kier molecular flexibility index (Phi) is 5.20. The summed E-state index contributed by atoms with van der Waals surface area (Å²) in [7, 11) is 1.62. The molecular formula is C22H18N4O3. The second-order valence-electron chi connectivity index (χ2n) is 6.15. The Hall–Kier alpha value is -4.13. The number of hydrogen-bond acceptors (Lipinski definition) is 5. The SMILES string of the molecule is COc1ccc(Oc2ccc(/C=N/NC(=O)c3nc4ccccc4[nH]3)cc2)cc1. The van der Waals surface area contributed by atoms with Gasteiger partial charge in [-0.2, -0.15) is 5.10 Å². The summed E-state index contributed by atoms with van der Waals surface area (Å²) in [6.07, 6.45) is 1.55. The molecule has 0 bridgehead atoms. The van der Waals surface area contributed by atoms with Crippen molar-refractivity contribution < 1.29 is 14.3 Å². The number of carbonyl (C=O) groups is 1. The van der Waals surface area contributed by atoms with Gasteiger partial charge in [0.25, 0.3) is 0 Å². The number of hydrogen-bond donors (Lipinski definition) is 2. The Morgan fingerprint density at radius 1 is 0.966 bits per heavy atom. The number of carbonyl (C=O) groups excluding carboxylic acids is 1. The van der Waals surface area contributed by atoms with Gasteiger partial charge in [0, 0.05) is 0 Å². The summed E-state index contributed by atoms with van der Waals surface area (Å²) in [5.41, 5.74) is 4.81. The maximum Gasteiger partial charge on any atom is 0.307 e. The van der Waals surface area contributed by atoms with Crippen LogP contribution < -0.4 is 14.9 Å². The van der Waals surface area contributed by atoms with Crippen LogP contribution in [0, 0.1) is 0 Å². The lowest BCUT2D eigenvalue weighted by atomic mass is 10.2. The number of fused-ring (bicyclic) bond motifs is 1. The van der Waals surface area contributed by atoms with Gasteiger partial charge in [0.2, 0.25) is 0 Å². The largest absolute Gasteiger partial charge is 0.497 e. The number of imidazole rings is 1. The van der Waals surface area contributed by atoms with Crippen LogP contribution in [0.3, 0.4) is 0 Å². The Morgan fingerprint density at radius 2 is 1.62 bits per heavy atom. The molecule has 0 spiro atoms. The van der Waals surface area contributed by atoms with E-state index in [9.17, 15) is 4.79 Å². The lowest BCUT2D eigenvalue weighted by molar-refractivity contribution is 0.0946. The Morgan fingerprint density at radius 3 is 2.31 bits per heavy atom. The molecule has 0 radical (unpaired) electrons. The van der Waals surface area contributed by atoms with Crippen LogP contribution in [0.2, 0.25) is 0 Å². The van der Waals surface area contributed by atoms with Gasteiger partial charge in [-0.3, -0.25) is 4.79 Å². The maximum atomic E-state index is 12.2. The molecule has 0 aliphatic rings. The number of rotatable bonds is 6. The van der Waals surface area contributed by atoms with E-state index in [0.29, 0.717) is 11.5 Å². The third-order valence-corrected chi connectivity index (χ3v) is 4.16. The third-order valence-electron chi connectivity index (χ3n) is 4.16. The van der Waals surface area contributed by atoms with Gasteiger partial charge < -0.3 is 14.5 Å². The van der Waals surface area contributed by atoms with E-state index in [1.165, 1.54) is 0 Å². The van der Waals surface area contributed by atoms with E-state index in [2.05, 4.69) is 20.5 Å². The molecule has 0 aliphatic carbocycles. The number of aromatic amines is 1. The van der Waals surface area contributed by atoms with Crippen LogP contribution in [0.4, 0.5) is 0 Å². The van der Waals surface area contributed by atoms with E-state index >= 15 is 0 Å². The van der Waals surface area contributed by atoms with E-state index in [1.54, 1.807) is 13.3 Å². The standard InChI is InChI=1S/C22H18N4O3/c1-28-16-10-12-18(13-11-16)29-17-8-6-15(7-9-17)14-23-26-22(27)21-24-19-4-2-3-5-20(19)25-21/h2-14H,1H3,(H,24,25)(H,26,27)/b23-14+. The average Bonchev–Trinajstić information content (AvgIpc) is 3.20. The van der Waals surface area contributed by atoms with Crippen molar-refractivity contribution in [2.45, 2.75) is 0 Å². The van der Waals surface area contributed by atoms with Crippen LogP contribution in [0.5, 0.6) is 17.2 Å². The second kappa shape index (κ2) is 8.26. The minimum absolute atomic E-state index is 0.214. The van der Waals surface area contributed by atoms with Gasteiger partial charge in [-0.05, 0) is 66.2 Å². The fourth-order valence-electron chi connectivity index (χ4n) is 2.68. The topological polar surface area (TPSA) is 88.6 Å². The molecule has 0 saturated carbocycles. The fraction of sp³-hybridized carbons (Fsp3) is 0.0455. The predicted molar refractivity (Wildman–Crippen MR) is 111 cm³/mol. The molecule has 0 fully saturated rings. The van der Waals surface area contributed by atoms with Crippen molar-refractivity contribution in [2.75, 3.05) is 7.11 Å². The van der Waals surface area contributed by atoms with E-state index < -0.39 is 5.91 Å². The van der Waals surface area contributed by atoms with Crippen LogP contribution in [-0.2, 0) is 0 Å². The van der Waals surface area contributed by atoms with Crippen molar-refractivity contribution in [3.8, 4) is 17.2 Å². The number of hydrazone groups is 1. The minimum Gasteiger partial charge on any atom is -0.497 e. The molecule has 1 aromatic heterocycles. The predicted octanol–water partition coefficient (Wildman–Crippen LogP) is 4.13. The van der Waals surface area contributed by atoms with Gasteiger partial charge in [0.05, 0.1) is 24.4 Å². The summed E-state index contributed by atoms with van der Waals surface area (Å²) < 4.78 is 10.9. The first kappa shape index (κ1) is 18.2. The van der Waals surface area contributed by atoms with Gasteiger partial charge in [-0.1, -0.05) is 12.1 Å². The molecule has 3 aromatic carbocycles. The summed E-state index contributed by atoms with van der Waals surface area (Å²) >= 11 is 0. The zero-order chi connectivity index (χ0) is 20.1. The molecule has 0 aliphatic heterocycles. The number of ether oxygens (including phenoxy) is 2. The van der Waals surface area contributed by atoms with Gasteiger partial charge in [-0.25, -0.2) is 10.4 Å². The normalized spacial score (nSPS) is 10.9. The smallest absolute Gasteiger partial charge is 0.307 e. The van der Waals surface area contributed by atoms with Crippen molar-refractivity contribution in [3.05, 3.63) is 84.2 Å². The van der Waals surface area contributed by atoms with Gasteiger partial charge in [-0.15, -0.1) is 0 Å². The molecule has 4 rings (SSSR count). The van der Waals surface area contributed by atoms with E-state index in [0.717, 1.165) is 22.3 Å². The maximum absolute atomic E-state index is 12.2. The zero-order valence-corrected chi connectivity index (χ0v) is 15.6. The molecule has 0 atom stereocenters. The zero-order valence-electron chi connectivity index (χ0n) is 15.6.